The fourth-order valence-corrected chi connectivity index (χ4v) is 4.17. The van der Waals surface area contributed by atoms with Gasteiger partial charge in [-0.1, -0.05) is 42.5 Å². The van der Waals surface area contributed by atoms with Crippen LogP contribution in [0.1, 0.15) is 24.0 Å². The van der Waals surface area contributed by atoms with Crippen LogP contribution in [0, 0.1) is 0 Å². The lowest BCUT2D eigenvalue weighted by Crippen LogP contribution is -2.03. The molecule has 1 aliphatic rings. The largest absolute Gasteiger partial charge is 0.256 e. The van der Waals surface area contributed by atoms with Crippen molar-refractivity contribution in [2.75, 3.05) is 0 Å². The molecule has 1 heterocycles. The molecule has 0 N–H and O–H groups in total. The molecular formula is C23H19N. The maximum atomic E-state index is 4.62. The van der Waals surface area contributed by atoms with Gasteiger partial charge in [0.15, 0.2) is 0 Å². The van der Waals surface area contributed by atoms with E-state index < -0.39 is 0 Å². The van der Waals surface area contributed by atoms with Gasteiger partial charge >= 0.3 is 0 Å². The fourth-order valence-electron chi connectivity index (χ4n) is 4.17. The molecule has 1 aromatic heterocycles. The summed E-state index contributed by atoms with van der Waals surface area (Å²) in [5.41, 5.74) is 5.40. The molecule has 0 atom stereocenters. The maximum absolute atomic E-state index is 4.62. The molecule has 0 bridgehead atoms. The van der Waals surface area contributed by atoms with Crippen molar-refractivity contribution in [3.63, 3.8) is 0 Å². The maximum Gasteiger partial charge on any atom is 0.0708 e. The van der Waals surface area contributed by atoms with E-state index in [-0.39, 0.29) is 0 Å². The third-order valence-corrected chi connectivity index (χ3v) is 5.31. The molecule has 0 amide bonds. The van der Waals surface area contributed by atoms with E-state index in [1.165, 1.54) is 58.4 Å². The number of pyridine rings is 1. The minimum atomic E-state index is 1.06. The van der Waals surface area contributed by atoms with Crippen LogP contribution in [0.5, 0.6) is 0 Å². The summed E-state index contributed by atoms with van der Waals surface area (Å²) >= 11 is 0. The molecule has 24 heavy (non-hydrogen) atoms. The topological polar surface area (TPSA) is 12.9 Å². The highest BCUT2D eigenvalue weighted by molar-refractivity contribution is 6.14. The smallest absolute Gasteiger partial charge is 0.0708 e. The van der Waals surface area contributed by atoms with Crippen LogP contribution in [0.25, 0.3) is 32.8 Å². The Morgan fingerprint density at radius 2 is 1.46 bits per heavy atom. The lowest BCUT2D eigenvalue weighted by molar-refractivity contribution is 0.690. The van der Waals surface area contributed by atoms with E-state index in [4.69, 9.17) is 0 Å². The number of aryl methyl sites for hydroxylation is 2. The van der Waals surface area contributed by atoms with Gasteiger partial charge in [0.2, 0.25) is 0 Å². The van der Waals surface area contributed by atoms with Gasteiger partial charge in [-0.2, -0.15) is 0 Å². The molecule has 116 valence electrons. The molecule has 0 unspecified atom stereocenters. The molecule has 0 spiro atoms. The molecule has 0 radical (unpaired) electrons. The Balaban J connectivity index is 1.94. The highest BCUT2D eigenvalue weighted by Crippen LogP contribution is 2.38. The molecule has 0 saturated heterocycles. The van der Waals surface area contributed by atoms with Gasteiger partial charge in [0.1, 0.15) is 0 Å². The van der Waals surface area contributed by atoms with E-state index in [1.807, 2.05) is 12.3 Å². The van der Waals surface area contributed by atoms with Crippen LogP contribution in [0.3, 0.4) is 0 Å². The SMILES string of the molecule is c1ccc(-c2cc3c4c(ccc3c3ccccc23)CCCC4)nc1. The lowest BCUT2D eigenvalue weighted by atomic mass is 9.85. The van der Waals surface area contributed by atoms with Gasteiger partial charge < -0.3 is 0 Å². The van der Waals surface area contributed by atoms with E-state index in [2.05, 4.69) is 59.6 Å². The van der Waals surface area contributed by atoms with Gasteiger partial charge in [-0.05, 0) is 76.6 Å². The number of rotatable bonds is 1. The van der Waals surface area contributed by atoms with Crippen molar-refractivity contribution in [1.29, 1.82) is 0 Å². The van der Waals surface area contributed by atoms with Crippen molar-refractivity contribution >= 4 is 21.5 Å². The molecule has 3 aromatic carbocycles. The number of benzene rings is 3. The molecule has 1 aliphatic carbocycles. The summed E-state index contributed by atoms with van der Waals surface area (Å²) in [5.74, 6) is 0. The molecule has 1 nitrogen and oxygen atoms in total. The second kappa shape index (κ2) is 5.45. The Hall–Kier alpha value is -2.67. The first kappa shape index (κ1) is 13.7. The van der Waals surface area contributed by atoms with Crippen molar-refractivity contribution in [2.24, 2.45) is 0 Å². The third kappa shape index (κ3) is 2.05. The molecule has 0 fully saturated rings. The summed E-state index contributed by atoms with van der Waals surface area (Å²) in [6.45, 7) is 0. The molecule has 0 aliphatic heterocycles. The van der Waals surface area contributed by atoms with Gasteiger partial charge in [0.25, 0.3) is 0 Å². The van der Waals surface area contributed by atoms with Crippen LogP contribution in [0.4, 0.5) is 0 Å². The Labute approximate surface area is 142 Å². The van der Waals surface area contributed by atoms with Crippen LogP contribution in [0.15, 0.2) is 66.9 Å². The van der Waals surface area contributed by atoms with E-state index in [0.29, 0.717) is 0 Å². The average Bonchev–Trinajstić information content (AvgIpc) is 2.67. The van der Waals surface area contributed by atoms with Crippen molar-refractivity contribution in [3.8, 4) is 11.3 Å². The van der Waals surface area contributed by atoms with E-state index >= 15 is 0 Å². The standard InChI is InChI=1S/C23H19N/c1-2-8-17-16(7-1)12-13-20-18-9-3-4-10-19(18)22(15-21(17)20)23-11-5-6-14-24-23/h3-6,9-15H,1-2,7-8H2. The zero-order valence-electron chi connectivity index (χ0n) is 13.6. The van der Waals surface area contributed by atoms with E-state index in [0.717, 1.165) is 5.69 Å². The molecule has 5 rings (SSSR count). The number of aromatic nitrogens is 1. The second-order valence-electron chi connectivity index (χ2n) is 6.69. The van der Waals surface area contributed by atoms with Crippen molar-refractivity contribution in [3.05, 3.63) is 78.0 Å². The Kier molecular flexibility index (Phi) is 3.12. The highest BCUT2D eigenvalue weighted by atomic mass is 14.7. The minimum absolute atomic E-state index is 1.06. The van der Waals surface area contributed by atoms with E-state index in [9.17, 15) is 0 Å². The van der Waals surface area contributed by atoms with Crippen LogP contribution in [-0.2, 0) is 12.8 Å². The number of fused-ring (bicyclic) bond motifs is 5. The number of hydrogen-bond acceptors (Lipinski definition) is 1. The fraction of sp³-hybridized carbons (Fsp3) is 0.174. The zero-order chi connectivity index (χ0) is 15.9. The molecule has 0 saturated carbocycles. The first-order chi connectivity index (χ1) is 11.9. The summed E-state index contributed by atoms with van der Waals surface area (Å²) in [7, 11) is 0. The summed E-state index contributed by atoms with van der Waals surface area (Å²) in [4.78, 5) is 4.62. The van der Waals surface area contributed by atoms with Crippen LogP contribution < -0.4 is 0 Å². The molecular weight excluding hydrogens is 290 g/mol. The summed E-state index contributed by atoms with van der Waals surface area (Å²) in [6, 6.07) is 22.0. The van der Waals surface area contributed by atoms with Crippen molar-refractivity contribution in [2.45, 2.75) is 25.7 Å². The van der Waals surface area contributed by atoms with Crippen molar-refractivity contribution in [1.82, 2.24) is 4.98 Å². The first-order valence-corrected chi connectivity index (χ1v) is 8.79. The molecule has 1 heteroatoms. The van der Waals surface area contributed by atoms with Gasteiger partial charge in [-0.25, -0.2) is 0 Å². The van der Waals surface area contributed by atoms with Crippen LogP contribution >= 0.6 is 0 Å². The Bertz CT molecular complexity index is 1050. The zero-order valence-corrected chi connectivity index (χ0v) is 13.6. The van der Waals surface area contributed by atoms with Gasteiger partial charge in [0, 0.05) is 11.8 Å². The third-order valence-electron chi connectivity index (χ3n) is 5.31. The second-order valence-corrected chi connectivity index (χ2v) is 6.69. The monoisotopic (exact) mass is 309 g/mol. The quantitative estimate of drug-likeness (QED) is 0.397. The number of nitrogens with zero attached hydrogens (tertiary/aromatic N) is 1. The minimum Gasteiger partial charge on any atom is -0.256 e. The van der Waals surface area contributed by atoms with Crippen LogP contribution in [0.2, 0.25) is 0 Å². The highest BCUT2D eigenvalue weighted by Gasteiger charge is 2.16. The van der Waals surface area contributed by atoms with E-state index in [1.54, 1.807) is 5.56 Å². The number of hydrogen-bond donors (Lipinski definition) is 0. The Morgan fingerprint density at radius 3 is 2.33 bits per heavy atom. The summed E-state index contributed by atoms with van der Waals surface area (Å²) in [5, 5.41) is 5.43. The van der Waals surface area contributed by atoms with Crippen molar-refractivity contribution < 1.29 is 0 Å². The first-order valence-electron chi connectivity index (χ1n) is 8.79. The Morgan fingerprint density at radius 1 is 0.667 bits per heavy atom. The van der Waals surface area contributed by atoms with Gasteiger partial charge in [-0.15, -0.1) is 0 Å². The molecule has 4 aromatic rings. The normalized spacial score (nSPS) is 14.0. The van der Waals surface area contributed by atoms with Gasteiger partial charge in [-0.3, -0.25) is 4.98 Å². The summed E-state index contributed by atoms with van der Waals surface area (Å²) < 4.78 is 0. The lowest BCUT2D eigenvalue weighted by Gasteiger charge is -2.20. The predicted molar refractivity (Wildman–Crippen MR) is 101 cm³/mol. The average molecular weight is 309 g/mol. The van der Waals surface area contributed by atoms with Crippen LogP contribution in [-0.4, -0.2) is 4.98 Å². The summed E-state index contributed by atoms with van der Waals surface area (Å²) in [6.07, 6.45) is 6.93. The predicted octanol–water partition coefficient (Wildman–Crippen LogP) is 5.93. The van der Waals surface area contributed by atoms with Gasteiger partial charge in [0.05, 0.1) is 5.69 Å².